The Hall–Kier alpha value is -3.18. The zero-order valence-corrected chi connectivity index (χ0v) is 16.1. The number of carbonyl (C=O) groups excluding carboxylic acids is 1. The SMILES string of the molecule is C[C@@H](C(=O)NCc1ccccn1)n1nc(-c2ccccc2)c2cc(Cl)ccc21. The first-order chi connectivity index (χ1) is 13.6. The molecular formula is C22H19ClN4O. The lowest BCUT2D eigenvalue weighted by Crippen LogP contribution is -2.31. The fraction of sp³-hybridized carbons (Fsp3) is 0.136. The van der Waals surface area contributed by atoms with Gasteiger partial charge in [0.15, 0.2) is 0 Å². The number of rotatable bonds is 5. The highest BCUT2D eigenvalue weighted by Crippen LogP contribution is 2.31. The van der Waals surface area contributed by atoms with E-state index in [4.69, 9.17) is 16.7 Å². The third-order valence-electron chi connectivity index (χ3n) is 4.63. The van der Waals surface area contributed by atoms with Gasteiger partial charge in [0.1, 0.15) is 11.7 Å². The minimum Gasteiger partial charge on any atom is -0.349 e. The summed E-state index contributed by atoms with van der Waals surface area (Å²) in [6.45, 7) is 2.21. The van der Waals surface area contributed by atoms with Gasteiger partial charge in [-0.05, 0) is 37.3 Å². The predicted octanol–water partition coefficient (Wildman–Crippen LogP) is 4.63. The first-order valence-electron chi connectivity index (χ1n) is 9.04. The van der Waals surface area contributed by atoms with Crippen LogP contribution in [-0.4, -0.2) is 20.7 Å². The molecule has 0 radical (unpaired) electrons. The van der Waals surface area contributed by atoms with E-state index in [0.29, 0.717) is 11.6 Å². The average molecular weight is 391 g/mol. The Morgan fingerprint density at radius 3 is 2.64 bits per heavy atom. The van der Waals surface area contributed by atoms with E-state index in [1.807, 2.05) is 73.7 Å². The van der Waals surface area contributed by atoms with Crippen molar-refractivity contribution in [2.75, 3.05) is 0 Å². The van der Waals surface area contributed by atoms with Gasteiger partial charge in [-0.2, -0.15) is 5.10 Å². The van der Waals surface area contributed by atoms with Crippen molar-refractivity contribution in [3.8, 4) is 11.3 Å². The van der Waals surface area contributed by atoms with Gasteiger partial charge in [-0.1, -0.05) is 48.0 Å². The zero-order chi connectivity index (χ0) is 19.5. The first-order valence-corrected chi connectivity index (χ1v) is 9.42. The highest BCUT2D eigenvalue weighted by Gasteiger charge is 2.21. The monoisotopic (exact) mass is 390 g/mol. The van der Waals surface area contributed by atoms with Gasteiger partial charge in [-0.3, -0.25) is 14.5 Å². The fourth-order valence-corrected chi connectivity index (χ4v) is 3.33. The van der Waals surface area contributed by atoms with Crippen LogP contribution in [0.2, 0.25) is 5.02 Å². The van der Waals surface area contributed by atoms with E-state index in [9.17, 15) is 4.79 Å². The third-order valence-corrected chi connectivity index (χ3v) is 4.87. The maximum absolute atomic E-state index is 12.7. The molecule has 0 unspecified atom stereocenters. The van der Waals surface area contributed by atoms with E-state index in [-0.39, 0.29) is 5.91 Å². The summed E-state index contributed by atoms with van der Waals surface area (Å²) < 4.78 is 1.75. The van der Waals surface area contributed by atoms with E-state index >= 15 is 0 Å². The summed E-state index contributed by atoms with van der Waals surface area (Å²) >= 11 is 6.22. The van der Waals surface area contributed by atoms with Crippen LogP contribution in [0, 0.1) is 0 Å². The highest BCUT2D eigenvalue weighted by molar-refractivity contribution is 6.31. The van der Waals surface area contributed by atoms with Crippen molar-refractivity contribution in [3.63, 3.8) is 0 Å². The molecule has 0 aliphatic rings. The van der Waals surface area contributed by atoms with Crippen molar-refractivity contribution in [1.29, 1.82) is 0 Å². The lowest BCUT2D eigenvalue weighted by molar-refractivity contribution is -0.124. The number of carbonyl (C=O) groups is 1. The molecule has 0 saturated carbocycles. The number of hydrogen-bond donors (Lipinski definition) is 1. The number of amides is 1. The second-order valence-corrected chi connectivity index (χ2v) is 6.97. The molecule has 0 bridgehead atoms. The quantitative estimate of drug-likeness (QED) is 0.540. The average Bonchev–Trinajstić information content (AvgIpc) is 3.11. The number of hydrogen-bond acceptors (Lipinski definition) is 3. The molecule has 2 heterocycles. The van der Waals surface area contributed by atoms with Gasteiger partial charge in [0.05, 0.1) is 17.8 Å². The maximum atomic E-state index is 12.7. The smallest absolute Gasteiger partial charge is 0.244 e. The van der Waals surface area contributed by atoms with Crippen LogP contribution in [-0.2, 0) is 11.3 Å². The van der Waals surface area contributed by atoms with Crippen molar-refractivity contribution in [1.82, 2.24) is 20.1 Å². The van der Waals surface area contributed by atoms with Crippen LogP contribution >= 0.6 is 11.6 Å². The number of benzene rings is 2. The van der Waals surface area contributed by atoms with Crippen molar-refractivity contribution >= 4 is 28.4 Å². The standard InChI is InChI=1S/C22H19ClN4O/c1-15(22(28)25-14-18-9-5-6-12-24-18)27-20-11-10-17(23)13-19(20)21(26-27)16-7-3-2-4-8-16/h2-13,15H,14H2,1H3,(H,25,28)/t15-/m0/s1. The number of aromatic nitrogens is 3. The molecule has 2 aromatic heterocycles. The summed E-state index contributed by atoms with van der Waals surface area (Å²) in [4.78, 5) is 17.0. The van der Waals surface area contributed by atoms with Gasteiger partial charge in [0.25, 0.3) is 0 Å². The summed E-state index contributed by atoms with van der Waals surface area (Å²) in [5, 5.41) is 9.25. The van der Waals surface area contributed by atoms with E-state index in [1.54, 1.807) is 10.9 Å². The van der Waals surface area contributed by atoms with Gasteiger partial charge < -0.3 is 5.32 Å². The van der Waals surface area contributed by atoms with Crippen LogP contribution in [0.3, 0.4) is 0 Å². The van der Waals surface area contributed by atoms with Gasteiger partial charge in [0.2, 0.25) is 5.91 Å². The summed E-state index contributed by atoms with van der Waals surface area (Å²) in [7, 11) is 0. The number of fused-ring (bicyclic) bond motifs is 1. The van der Waals surface area contributed by atoms with Gasteiger partial charge in [-0.15, -0.1) is 0 Å². The highest BCUT2D eigenvalue weighted by atomic mass is 35.5. The summed E-state index contributed by atoms with van der Waals surface area (Å²) in [5.74, 6) is -0.121. The van der Waals surface area contributed by atoms with Crippen LogP contribution in [0.25, 0.3) is 22.2 Å². The molecule has 0 aliphatic carbocycles. The lowest BCUT2D eigenvalue weighted by Gasteiger charge is -2.14. The molecule has 0 spiro atoms. The minimum absolute atomic E-state index is 0.121. The van der Waals surface area contributed by atoms with Crippen LogP contribution in [0.5, 0.6) is 0 Å². The number of halogens is 1. The molecular weight excluding hydrogens is 372 g/mol. The van der Waals surface area contributed by atoms with E-state index in [1.165, 1.54) is 0 Å². The summed E-state index contributed by atoms with van der Waals surface area (Å²) in [6, 6.07) is 20.6. The van der Waals surface area contributed by atoms with Crippen molar-refractivity contribution in [3.05, 3.63) is 83.6 Å². The molecule has 140 valence electrons. The molecule has 0 saturated heterocycles. The topological polar surface area (TPSA) is 59.8 Å². The largest absolute Gasteiger partial charge is 0.349 e. The molecule has 0 aliphatic heterocycles. The molecule has 4 aromatic rings. The van der Waals surface area contributed by atoms with Crippen molar-refractivity contribution in [2.45, 2.75) is 19.5 Å². The van der Waals surface area contributed by atoms with Crippen LogP contribution in [0.4, 0.5) is 0 Å². The van der Waals surface area contributed by atoms with E-state index in [2.05, 4.69) is 10.3 Å². The molecule has 0 fully saturated rings. The van der Waals surface area contributed by atoms with Gasteiger partial charge in [-0.25, -0.2) is 0 Å². The normalized spacial score (nSPS) is 12.1. The summed E-state index contributed by atoms with van der Waals surface area (Å²) in [6.07, 6.45) is 1.71. The Kier molecular flexibility index (Phi) is 5.08. The Morgan fingerprint density at radius 1 is 1.11 bits per heavy atom. The van der Waals surface area contributed by atoms with Crippen LogP contribution < -0.4 is 5.32 Å². The molecule has 4 rings (SSSR count). The number of nitrogens with zero attached hydrogens (tertiary/aromatic N) is 3. The van der Waals surface area contributed by atoms with Crippen LogP contribution in [0.1, 0.15) is 18.7 Å². The third kappa shape index (κ3) is 3.62. The Morgan fingerprint density at radius 2 is 1.89 bits per heavy atom. The molecule has 6 heteroatoms. The molecule has 1 atom stereocenters. The Balaban J connectivity index is 1.67. The van der Waals surface area contributed by atoms with Crippen molar-refractivity contribution < 1.29 is 4.79 Å². The van der Waals surface area contributed by atoms with Gasteiger partial charge in [0, 0.05) is 22.2 Å². The maximum Gasteiger partial charge on any atom is 0.244 e. The first kappa shape index (κ1) is 18.2. The zero-order valence-electron chi connectivity index (χ0n) is 15.3. The fourth-order valence-electron chi connectivity index (χ4n) is 3.16. The number of nitrogens with one attached hydrogen (secondary N) is 1. The lowest BCUT2D eigenvalue weighted by atomic mass is 10.1. The molecule has 1 amide bonds. The Labute approximate surface area is 168 Å². The second kappa shape index (κ2) is 7.82. The molecule has 1 N–H and O–H groups in total. The minimum atomic E-state index is -0.482. The summed E-state index contributed by atoms with van der Waals surface area (Å²) in [5.41, 5.74) is 3.46. The second-order valence-electron chi connectivity index (χ2n) is 6.54. The predicted molar refractivity (Wildman–Crippen MR) is 111 cm³/mol. The number of pyridine rings is 1. The van der Waals surface area contributed by atoms with E-state index < -0.39 is 6.04 Å². The molecule has 28 heavy (non-hydrogen) atoms. The Bertz CT molecular complexity index is 1110. The molecule has 5 nitrogen and oxygen atoms in total. The molecule has 2 aromatic carbocycles. The van der Waals surface area contributed by atoms with E-state index in [0.717, 1.165) is 27.9 Å². The van der Waals surface area contributed by atoms with Crippen molar-refractivity contribution in [2.24, 2.45) is 0 Å². The van der Waals surface area contributed by atoms with Crippen LogP contribution in [0.15, 0.2) is 72.9 Å². The van der Waals surface area contributed by atoms with Gasteiger partial charge >= 0.3 is 0 Å².